The van der Waals surface area contributed by atoms with Gasteiger partial charge in [0, 0.05) is 34.7 Å². The predicted octanol–water partition coefficient (Wildman–Crippen LogP) is 3.54. The number of carbonyl (C=O) groups excluding carboxylic acids is 3. The summed E-state index contributed by atoms with van der Waals surface area (Å²) < 4.78 is 43.5. The maximum Gasteiger partial charge on any atom is 0.422 e. The molecule has 4 aromatic rings. The maximum atomic E-state index is 12.9. The molecular formula is C31H29ClF3N9O6. The SMILES string of the molecule is O=C(Cc1ccn[nH]1)C(=O)NCC[C@H](NC(=O)c1ccc(Nc2nc(NC3(c4ccc(Cl)cc4)CC3)nc(OCC(F)(F)F)n2)cc1)C(=O)O. The molecule has 2 amide bonds. The van der Waals surface area contributed by atoms with Gasteiger partial charge < -0.3 is 31.1 Å². The van der Waals surface area contributed by atoms with Crippen LogP contribution >= 0.6 is 11.6 Å². The number of nitrogens with one attached hydrogen (secondary N) is 5. The predicted molar refractivity (Wildman–Crippen MR) is 171 cm³/mol. The first kappa shape index (κ1) is 35.5. The fourth-order valence-electron chi connectivity index (χ4n) is 4.67. The number of hydrogen-bond donors (Lipinski definition) is 6. The van der Waals surface area contributed by atoms with Crippen LogP contribution < -0.4 is 26.0 Å². The number of aromatic amines is 1. The molecule has 0 spiro atoms. The van der Waals surface area contributed by atoms with Gasteiger partial charge in [-0.25, -0.2) is 4.79 Å². The summed E-state index contributed by atoms with van der Waals surface area (Å²) >= 11 is 6.01. The topological polar surface area (TPSA) is 213 Å². The Kier molecular flexibility index (Phi) is 10.8. The second-order valence-corrected chi connectivity index (χ2v) is 11.6. The van der Waals surface area contributed by atoms with E-state index in [1.807, 2.05) is 12.1 Å². The average Bonchev–Trinajstić information content (AvgIpc) is 3.66. The van der Waals surface area contributed by atoms with Gasteiger partial charge in [-0.2, -0.15) is 33.2 Å². The molecule has 2 aromatic carbocycles. The highest BCUT2D eigenvalue weighted by Crippen LogP contribution is 2.48. The number of hydrogen-bond acceptors (Lipinski definition) is 11. The lowest BCUT2D eigenvalue weighted by atomic mass is 10.1. The van der Waals surface area contributed by atoms with Gasteiger partial charge in [-0.05, 0) is 67.3 Å². The van der Waals surface area contributed by atoms with E-state index in [2.05, 4.69) is 46.4 Å². The van der Waals surface area contributed by atoms with Crippen molar-refractivity contribution in [1.82, 2.24) is 35.8 Å². The molecule has 6 N–H and O–H groups in total. The van der Waals surface area contributed by atoms with Gasteiger partial charge in [-0.3, -0.25) is 19.5 Å². The van der Waals surface area contributed by atoms with E-state index in [-0.39, 0.29) is 36.8 Å². The standard InChI is InChI=1S/C31H29ClF3N9O6/c32-19-5-3-18(4-6-19)30(11-12-30)43-28-40-27(41-29(42-28)50-16-31(33,34)35)38-20-7-1-17(2-8-20)24(46)39-22(26(48)49)10-13-36-25(47)23(45)15-21-9-14-37-44-21/h1-9,14,22H,10-13,15-16H2,(H,36,47)(H,37,44)(H,39,46)(H,48,49)(H2,38,40,41,42,43)/t22-/m0/s1. The Morgan fingerprint density at radius 1 is 0.980 bits per heavy atom. The number of anilines is 3. The third kappa shape index (κ3) is 9.88. The molecule has 5 rings (SSSR count). The van der Waals surface area contributed by atoms with E-state index in [4.69, 9.17) is 16.3 Å². The van der Waals surface area contributed by atoms with Crippen molar-refractivity contribution in [2.45, 2.75) is 43.4 Å². The van der Waals surface area contributed by atoms with E-state index in [0.717, 1.165) is 5.56 Å². The van der Waals surface area contributed by atoms with Crippen molar-refractivity contribution >= 4 is 52.8 Å². The van der Waals surface area contributed by atoms with Gasteiger partial charge in [-0.15, -0.1) is 0 Å². The van der Waals surface area contributed by atoms with Crippen LogP contribution in [0.25, 0.3) is 0 Å². The fourth-order valence-corrected chi connectivity index (χ4v) is 4.80. The quantitative estimate of drug-likeness (QED) is 0.0920. The van der Waals surface area contributed by atoms with E-state index < -0.39 is 53.9 Å². The van der Waals surface area contributed by atoms with E-state index in [1.165, 1.54) is 36.5 Å². The van der Waals surface area contributed by atoms with E-state index in [1.54, 1.807) is 12.1 Å². The van der Waals surface area contributed by atoms with Crippen molar-refractivity contribution < 1.29 is 42.2 Å². The number of Topliss-reactive ketones (excluding diaryl/α,β-unsaturated/α-hetero) is 1. The van der Waals surface area contributed by atoms with Crippen LogP contribution in [-0.4, -0.2) is 79.2 Å². The third-order valence-electron chi connectivity index (χ3n) is 7.37. The molecule has 50 heavy (non-hydrogen) atoms. The number of carbonyl (C=O) groups is 4. The molecule has 2 aromatic heterocycles. The van der Waals surface area contributed by atoms with E-state index in [0.29, 0.717) is 29.2 Å². The number of rotatable bonds is 16. The van der Waals surface area contributed by atoms with Crippen molar-refractivity contribution in [2.75, 3.05) is 23.8 Å². The summed E-state index contributed by atoms with van der Waals surface area (Å²) in [5, 5.41) is 27.1. The molecule has 19 heteroatoms. The minimum Gasteiger partial charge on any atom is -0.480 e. The summed E-state index contributed by atoms with van der Waals surface area (Å²) in [4.78, 5) is 60.9. The number of ether oxygens (including phenoxy) is 1. The minimum atomic E-state index is -4.64. The number of H-pyrrole nitrogens is 1. The largest absolute Gasteiger partial charge is 0.480 e. The Balaban J connectivity index is 1.21. The van der Waals surface area contributed by atoms with Crippen molar-refractivity contribution in [2.24, 2.45) is 0 Å². The molecule has 0 bridgehead atoms. The van der Waals surface area contributed by atoms with Gasteiger partial charge in [0.05, 0.1) is 12.0 Å². The molecule has 1 fully saturated rings. The van der Waals surface area contributed by atoms with Crippen LogP contribution in [0.5, 0.6) is 6.01 Å². The summed E-state index contributed by atoms with van der Waals surface area (Å²) in [6.45, 7) is -1.83. The number of benzene rings is 2. The van der Waals surface area contributed by atoms with Gasteiger partial charge in [0.2, 0.25) is 17.7 Å². The summed E-state index contributed by atoms with van der Waals surface area (Å²) in [7, 11) is 0. The Hall–Kier alpha value is -5.78. The highest BCUT2D eigenvalue weighted by atomic mass is 35.5. The molecule has 15 nitrogen and oxygen atoms in total. The van der Waals surface area contributed by atoms with Gasteiger partial charge in [-0.1, -0.05) is 23.7 Å². The van der Waals surface area contributed by atoms with Crippen LogP contribution in [0.2, 0.25) is 5.02 Å². The molecule has 1 atom stereocenters. The smallest absolute Gasteiger partial charge is 0.422 e. The van der Waals surface area contributed by atoms with Crippen LogP contribution in [-0.2, 0) is 26.3 Å². The van der Waals surface area contributed by atoms with Crippen LogP contribution in [0.3, 0.4) is 0 Å². The molecule has 0 unspecified atom stereocenters. The van der Waals surface area contributed by atoms with Gasteiger partial charge in [0.15, 0.2) is 6.61 Å². The zero-order valence-electron chi connectivity index (χ0n) is 25.9. The van der Waals surface area contributed by atoms with Crippen LogP contribution in [0.15, 0.2) is 60.8 Å². The van der Waals surface area contributed by atoms with Crippen molar-refractivity contribution in [1.29, 1.82) is 0 Å². The van der Waals surface area contributed by atoms with Gasteiger partial charge in [0.25, 0.3) is 11.8 Å². The van der Waals surface area contributed by atoms with Crippen molar-refractivity contribution in [3.05, 3.63) is 82.6 Å². The molecular weight excluding hydrogens is 687 g/mol. The number of nitrogens with zero attached hydrogens (tertiary/aromatic N) is 4. The first-order chi connectivity index (χ1) is 23.8. The Labute approximate surface area is 286 Å². The molecule has 0 aliphatic heterocycles. The average molecular weight is 716 g/mol. The lowest BCUT2D eigenvalue weighted by Crippen LogP contribution is -2.43. The summed E-state index contributed by atoms with van der Waals surface area (Å²) in [6.07, 6.45) is -2.22. The molecule has 0 radical (unpaired) electrons. The molecule has 0 saturated heterocycles. The number of alkyl halides is 3. The van der Waals surface area contributed by atoms with Gasteiger partial charge in [0.1, 0.15) is 6.04 Å². The third-order valence-corrected chi connectivity index (χ3v) is 7.62. The van der Waals surface area contributed by atoms with Crippen LogP contribution in [0.4, 0.5) is 30.8 Å². The van der Waals surface area contributed by atoms with Crippen molar-refractivity contribution in [3.8, 4) is 6.01 Å². The molecule has 262 valence electrons. The van der Waals surface area contributed by atoms with E-state index >= 15 is 0 Å². The second-order valence-electron chi connectivity index (χ2n) is 11.2. The highest BCUT2D eigenvalue weighted by molar-refractivity contribution is 6.36. The number of halogens is 4. The fraction of sp³-hybridized carbons (Fsp3) is 0.290. The number of amides is 2. The monoisotopic (exact) mass is 715 g/mol. The molecule has 1 aliphatic rings. The molecule has 1 aliphatic carbocycles. The first-order valence-corrected chi connectivity index (χ1v) is 15.4. The number of ketones is 1. The first-order valence-electron chi connectivity index (χ1n) is 15.0. The minimum absolute atomic E-state index is 0.0406. The van der Waals surface area contributed by atoms with Crippen molar-refractivity contribution in [3.63, 3.8) is 0 Å². The van der Waals surface area contributed by atoms with Crippen LogP contribution in [0, 0.1) is 0 Å². The lowest BCUT2D eigenvalue weighted by molar-refractivity contribution is -0.154. The van der Waals surface area contributed by atoms with Crippen LogP contribution in [0.1, 0.15) is 40.9 Å². The molecule has 2 heterocycles. The second kappa shape index (κ2) is 15.2. The molecule has 1 saturated carbocycles. The zero-order chi connectivity index (χ0) is 35.9. The Morgan fingerprint density at radius 2 is 1.68 bits per heavy atom. The number of aliphatic carboxylic acids is 1. The zero-order valence-corrected chi connectivity index (χ0v) is 26.6. The van der Waals surface area contributed by atoms with E-state index in [9.17, 15) is 37.5 Å². The van der Waals surface area contributed by atoms with Gasteiger partial charge >= 0.3 is 18.2 Å². The summed E-state index contributed by atoms with van der Waals surface area (Å²) in [5.41, 5.74) is 1.17. The summed E-state index contributed by atoms with van der Waals surface area (Å²) in [6, 6.07) is 12.3. The normalized spacial score (nSPS) is 13.8. The Bertz CT molecular complexity index is 1840. The lowest BCUT2D eigenvalue weighted by Gasteiger charge is -2.19. The number of aromatic nitrogens is 5. The Morgan fingerprint density at radius 3 is 2.30 bits per heavy atom. The maximum absolute atomic E-state index is 12.9. The highest BCUT2D eigenvalue weighted by Gasteiger charge is 2.45. The number of carboxylic acid groups (broad SMARTS) is 1. The summed E-state index contributed by atoms with van der Waals surface area (Å²) in [5.74, 6) is -3.95. The number of carboxylic acids is 1.